The second-order valence-electron chi connectivity index (χ2n) is 7.85. The number of nitrogens with one attached hydrogen (secondary N) is 2. The van der Waals surface area contributed by atoms with Gasteiger partial charge >= 0.3 is 0 Å². The third-order valence-electron chi connectivity index (χ3n) is 5.64. The molecule has 6 nitrogen and oxygen atoms in total. The van der Waals surface area contributed by atoms with Crippen LogP contribution in [0.1, 0.15) is 51.2 Å². The van der Waals surface area contributed by atoms with E-state index in [-0.39, 0.29) is 41.6 Å². The molecule has 154 valence electrons. The maximum atomic E-state index is 10.4. The zero-order valence-electron chi connectivity index (χ0n) is 16.3. The molecule has 0 bridgehead atoms. The lowest BCUT2D eigenvalue weighted by Gasteiger charge is -2.37. The molecule has 3 N–H and O–H groups in total. The first-order valence-corrected chi connectivity index (χ1v) is 10.00. The molecule has 3 rings (SSSR count). The van der Waals surface area contributed by atoms with Crippen LogP contribution in [-0.2, 0) is 11.2 Å². The summed E-state index contributed by atoms with van der Waals surface area (Å²) in [6.07, 6.45) is 8.96. The molecule has 7 heteroatoms. The molecule has 0 aromatic carbocycles. The second-order valence-corrected chi connectivity index (χ2v) is 7.85. The molecular weight excluding hydrogens is 457 g/mol. The van der Waals surface area contributed by atoms with Crippen LogP contribution in [0.5, 0.6) is 0 Å². The quantitative estimate of drug-likeness (QED) is 0.311. The first-order valence-electron chi connectivity index (χ1n) is 10.00. The zero-order valence-corrected chi connectivity index (χ0v) is 18.6. The molecule has 0 amide bonds. The number of aliphatic hydroxyl groups is 1. The molecular formula is C20H34IN3O3. The number of rotatable bonds is 7. The predicted molar refractivity (Wildman–Crippen MR) is 118 cm³/mol. The number of ether oxygens (including phenoxy) is 1. The van der Waals surface area contributed by atoms with Gasteiger partial charge < -0.3 is 24.9 Å². The van der Waals surface area contributed by atoms with E-state index >= 15 is 0 Å². The standard InChI is InChI=1S/C20H33N3O3.HI/c1-20(10-3-2-8-18(20)24)15-23-19(22-14-17-7-5-13-26-17)21-11-9-16-6-4-12-25-16;/h4,6,12,17-18,24H,2-3,5,7-11,13-15H2,1H3,(H2,21,22,23);1H. The smallest absolute Gasteiger partial charge is 0.191 e. The van der Waals surface area contributed by atoms with Crippen molar-refractivity contribution in [2.24, 2.45) is 10.4 Å². The normalized spacial score (nSPS) is 28.6. The van der Waals surface area contributed by atoms with E-state index < -0.39 is 0 Å². The van der Waals surface area contributed by atoms with Crippen molar-refractivity contribution in [3.8, 4) is 0 Å². The summed E-state index contributed by atoms with van der Waals surface area (Å²) in [4.78, 5) is 4.80. The predicted octanol–water partition coefficient (Wildman–Crippen LogP) is 3.10. The van der Waals surface area contributed by atoms with E-state index in [0.717, 1.165) is 69.9 Å². The van der Waals surface area contributed by atoms with Crippen LogP contribution < -0.4 is 10.6 Å². The number of aliphatic imine (C=N–C) groups is 1. The van der Waals surface area contributed by atoms with Crippen molar-refractivity contribution in [2.45, 2.75) is 64.1 Å². The van der Waals surface area contributed by atoms with E-state index in [4.69, 9.17) is 14.1 Å². The third kappa shape index (κ3) is 6.94. The number of halogens is 1. The molecule has 1 aliphatic carbocycles. The van der Waals surface area contributed by atoms with Gasteiger partial charge in [-0.2, -0.15) is 0 Å². The second kappa shape index (κ2) is 11.3. The summed E-state index contributed by atoms with van der Waals surface area (Å²) >= 11 is 0. The van der Waals surface area contributed by atoms with Gasteiger partial charge in [0.2, 0.25) is 0 Å². The number of nitrogens with zero attached hydrogens (tertiary/aromatic N) is 1. The topological polar surface area (TPSA) is 79.0 Å². The zero-order chi connectivity index (χ0) is 18.2. The number of hydrogen-bond acceptors (Lipinski definition) is 4. The average Bonchev–Trinajstić information content (AvgIpc) is 3.33. The molecule has 3 atom stereocenters. The Bertz CT molecular complexity index is 561. The molecule has 2 heterocycles. The van der Waals surface area contributed by atoms with Crippen LogP contribution in [0.3, 0.4) is 0 Å². The van der Waals surface area contributed by atoms with Crippen molar-refractivity contribution in [3.63, 3.8) is 0 Å². The molecule has 1 aromatic heterocycles. The number of guanidine groups is 1. The summed E-state index contributed by atoms with van der Waals surface area (Å²) in [6.45, 7) is 5.17. The summed E-state index contributed by atoms with van der Waals surface area (Å²) in [7, 11) is 0. The first-order chi connectivity index (χ1) is 12.7. The van der Waals surface area contributed by atoms with Crippen LogP contribution in [0.25, 0.3) is 0 Å². The van der Waals surface area contributed by atoms with E-state index in [1.807, 2.05) is 12.1 Å². The Labute approximate surface area is 179 Å². The van der Waals surface area contributed by atoms with Gasteiger partial charge in [0.15, 0.2) is 5.96 Å². The monoisotopic (exact) mass is 491 g/mol. The molecule has 1 saturated heterocycles. The fourth-order valence-electron chi connectivity index (χ4n) is 3.77. The van der Waals surface area contributed by atoms with Crippen molar-refractivity contribution in [3.05, 3.63) is 24.2 Å². The highest BCUT2D eigenvalue weighted by Gasteiger charge is 2.35. The van der Waals surface area contributed by atoms with Gasteiger partial charge in [-0.1, -0.05) is 19.8 Å². The van der Waals surface area contributed by atoms with Crippen LogP contribution in [-0.4, -0.2) is 49.5 Å². The van der Waals surface area contributed by atoms with E-state index in [1.165, 1.54) is 6.42 Å². The summed E-state index contributed by atoms with van der Waals surface area (Å²) in [5, 5.41) is 17.2. The lowest BCUT2D eigenvalue weighted by atomic mass is 9.73. The minimum absolute atomic E-state index is 0. The summed E-state index contributed by atoms with van der Waals surface area (Å²) in [6, 6.07) is 3.89. The minimum atomic E-state index is -0.262. The fraction of sp³-hybridized carbons (Fsp3) is 0.750. The Morgan fingerprint density at radius 2 is 2.19 bits per heavy atom. The van der Waals surface area contributed by atoms with Crippen molar-refractivity contribution in [1.82, 2.24) is 10.6 Å². The highest BCUT2D eigenvalue weighted by atomic mass is 127. The molecule has 3 unspecified atom stereocenters. The van der Waals surface area contributed by atoms with Crippen LogP contribution >= 0.6 is 24.0 Å². The van der Waals surface area contributed by atoms with Crippen molar-refractivity contribution < 1.29 is 14.3 Å². The average molecular weight is 491 g/mol. The minimum Gasteiger partial charge on any atom is -0.469 e. The van der Waals surface area contributed by atoms with E-state index in [1.54, 1.807) is 6.26 Å². The molecule has 2 aliphatic rings. The molecule has 27 heavy (non-hydrogen) atoms. The van der Waals surface area contributed by atoms with Crippen molar-refractivity contribution >= 4 is 29.9 Å². The van der Waals surface area contributed by atoms with Gasteiger partial charge in [-0.3, -0.25) is 4.99 Å². The SMILES string of the molecule is CC1(CN=C(NCCc2ccco2)NCC2CCCO2)CCCCC1O.I. The van der Waals surface area contributed by atoms with Gasteiger partial charge in [-0.05, 0) is 37.8 Å². The van der Waals surface area contributed by atoms with Gasteiger partial charge in [-0.15, -0.1) is 24.0 Å². The summed E-state index contributed by atoms with van der Waals surface area (Å²) < 4.78 is 11.1. The fourth-order valence-corrected chi connectivity index (χ4v) is 3.77. The lowest BCUT2D eigenvalue weighted by Crippen LogP contribution is -2.44. The van der Waals surface area contributed by atoms with E-state index in [2.05, 4.69) is 17.6 Å². The summed E-state index contributed by atoms with van der Waals surface area (Å²) in [5.74, 6) is 1.76. The van der Waals surface area contributed by atoms with Crippen LogP contribution in [0.15, 0.2) is 27.8 Å². The number of furan rings is 1. The molecule has 1 aliphatic heterocycles. The molecule has 1 saturated carbocycles. The molecule has 0 radical (unpaired) electrons. The van der Waals surface area contributed by atoms with Gasteiger partial charge in [0, 0.05) is 31.5 Å². The number of hydrogen-bond donors (Lipinski definition) is 3. The highest BCUT2D eigenvalue weighted by Crippen LogP contribution is 2.36. The van der Waals surface area contributed by atoms with Crippen LogP contribution in [0, 0.1) is 5.41 Å². The van der Waals surface area contributed by atoms with Crippen molar-refractivity contribution in [1.29, 1.82) is 0 Å². The van der Waals surface area contributed by atoms with E-state index in [9.17, 15) is 5.11 Å². The van der Waals surface area contributed by atoms with E-state index in [0.29, 0.717) is 6.54 Å². The van der Waals surface area contributed by atoms with Gasteiger partial charge in [0.1, 0.15) is 5.76 Å². The first kappa shape index (κ1) is 22.5. The van der Waals surface area contributed by atoms with Gasteiger partial charge in [0.25, 0.3) is 0 Å². The number of aliphatic hydroxyl groups excluding tert-OH is 1. The largest absolute Gasteiger partial charge is 0.469 e. The molecule has 2 fully saturated rings. The Hall–Kier alpha value is -0.800. The maximum Gasteiger partial charge on any atom is 0.191 e. The third-order valence-corrected chi connectivity index (χ3v) is 5.64. The highest BCUT2D eigenvalue weighted by molar-refractivity contribution is 14.0. The van der Waals surface area contributed by atoms with Gasteiger partial charge in [-0.25, -0.2) is 0 Å². The Balaban J connectivity index is 0.00000261. The Kier molecular flexibility index (Phi) is 9.38. The maximum absolute atomic E-state index is 10.4. The lowest BCUT2D eigenvalue weighted by molar-refractivity contribution is 0.00714. The Morgan fingerprint density at radius 3 is 2.89 bits per heavy atom. The van der Waals surface area contributed by atoms with Crippen LogP contribution in [0.4, 0.5) is 0 Å². The molecule has 1 aromatic rings. The van der Waals surface area contributed by atoms with Gasteiger partial charge in [0.05, 0.1) is 25.0 Å². The van der Waals surface area contributed by atoms with Crippen molar-refractivity contribution in [2.75, 3.05) is 26.2 Å². The van der Waals surface area contributed by atoms with Crippen LogP contribution in [0.2, 0.25) is 0 Å². The Morgan fingerprint density at radius 1 is 1.30 bits per heavy atom. The summed E-state index contributed by atoms with van der Waals surface area (Å²) in [5.41, 5.74) is -0.127. The molecule has 0 spiro atoms.